The Bertz CT molecular complexity index is 866. The first-order chi connectivity index (χ1) is 19.8. The van der Waals surface area contributed by atoms with Crippen molar-refractivity contribution >= 4 is 0 Å². The second-order valence-electron chi connectivity index (χ2n) is 11.2. The fourth-order valence-corrected chi connectivity index (χ4v) is 5.70. The highest BCUT2D eigenvalue weighted by Crippen LogP contribution is 2.34. The number of nitrogens with two attached hydrogens (primary N) is 5. The highest BCUT2D eigenvalue weighted by Gasteiger charge is 2.54. The molecule has 0 aromatic heterocycles. The van der Waals surface area contributed by atoms with Crippen molar-refractivity contribution < 1.29 is 69.3 Å². The molecular formula is C23H45N5O14. The summed E-state index contributed by atoms with van der Waals surface area (Å²) in [5, 5.41) is 82.3. The number of aliphatic hydroxyl groups excluding tert-OH is 8. The van der Waals surface area contributed by atoms with Gasteiger partial charge < -0.3 is 97.9 Å². The number of aliphatic hydroxyl groups is 8. The lowest BCUT2D eigenvalue weighted by atomic mass is 9.84. The molecule has 3 heterocycles. The smallest absolute Gasteiger partial charge is 0.187 e. The van der Waals surface area contributed by atoms with Gasteiger partial charge >= 0.3 is 0 Å². The molecule has 18 N–H and O–H groups in total. The van der Waals surface area contributed by atoms with E-state index in [9.17, 15) is 40.9 Å². The molecule has 0 amide bonds. The molecule has 3 saturated heterocycles. The fraction of sp³-hybridized carbons (Fsp3) is 1.00. The summed E-state index contributed by atoms with van der Waals surface area (Å²) in [5.74, 6) is 0. The molecule has 4 aliphatic rings. The van der Waals surface area contributed by atoms with Crippen LogP contribution >= 0.6 is 0 Å². The number of hydrogen-bond donors (Lipinski definition) is 13. The second-order valence-corrected chi connectivity index (χ2v) is 11.2. The van der Waals surface area contributed by atoms with E-state index in [1.54, 1.807) is 0 Å². The minimum atomic E-state index is -1.62. The Morgan fingerprint density at radius 2 is 1.00 bits per heavy atom. The summed E-state index contributed by atoms with van der Waals surface area (Å²) in [6.07, 6.45) is -20.5. The molecule has 0 bridgehead atoms. The number of rotatable bonds is 9. The van der Waals surface area contributed by atoms with Crippen LogP contribution in [0.1, 0.15) is 6.42 Å². The molecule has 0 aromatic rings. The first kappa shape index (κ1) is 34.1. The summed E-state index contributed by atoms with van der Waals surface area (Å²) >= 11 is 0. The van der Waals surface area contributed by atoms with Gasteiger partial charge in [0.2, 0.25) is 0 Å². The monoisotopic (exact) mass is 615 g/mol. The van der Waals surface area contributed by atoms with Gasteiger partial charge in [-0.1, -0.05) is 0 Å². The van der Waals surface area contributed by atoms with Gasteiger partial charge in [0.1, 0.15) is 67.1 Å². The summed E-state index contributed by atoms with van der Waals surface area (Å²) in [4.78, 5) is 0. The van der Waals surface area contributed by atoms with Crippen LogP contribution in [0.5, 0.6) is 0 Å². The van der Waals surface area contributed by atoms with Gasteiger partial charge in [0, 0.05) is 18.6 Å². The maximum atomic E-state index is 11.1. The molecule has 0 radical (unpaired) electrons. The Balaban J connectivity index is 1.50. The van der Waals surface area contributed by atoms with Gasteiger partial charge in [0.25, 0.3) is 0 Å². The minimum absolute atomic E-state index is 0.0642. The Labute approximate surface area is 240 Å². The predicted octanol–water partition coefficient (Wildman–Crippen LogP) is -8.86. The van der Waals surface area contributed by atoms with E-state index in [0.29, 0.717) is 0 Å². The van der Waals surface area contributed by atoms with Crippen LogP contribution in [0.25, 0.3) is 0 Å². The average molecular weight is 616 g/mol. The predicted molar refractivity (Wildman–Crippen MR) is 136 cm³/mol. The number of ether oxygens (including phenoxy) is 6. The van der Waals surface area contributed by atoms with E-state index in [-0.39, 0.29) is 13.0 Å². The Kier molecular flexibility index (Phi) is 11.5. The highest BCUT2D eigenvalue weighted by atomic mass is 16.8. The quantitative estimate of drug-likeness (QED) is 0.114. The van der Waals surface area contributed by atoms with Crippen molar-refractivity contribution in [1.29, 1.82) is 0 Å². The molecule has 4 rings (SSSR count). The average Bonchev–Trinajstić information content (AvgIpc) is 3.27. The van der Waals surface area contributed by atoms with E-state index in [0.717, 1.165) is 0 Å². The van der Waals surface area contributed by atoms with E-state index in [2.05, 4.69) is 0 Å². The SMILES string of the molecule is NC[C@@H]1O[C@H](O[C@@H]2[C@H](O)[C@H](O[C@@H]3[C@H](O)[C@H](N)C[C@H](N)[C@@H]3O[C@@H]3O[C@H](CO)[C@H](O)[C@H](O)[C@@H]3N)O[C@@H]2CO)[C@H](N)[C@@H](O)[C@@H]1O. The summed E-state index contributed by atoms with van der Waals surface area (Å²) in [7, 11) is 0. The molecule has 1 aliphatic carbocycles. The molecule has 19 nitrogen and oxygen atoms in total. The largest absolute Gasteiger partial charge is 0.394 e. The minimum Gasteiger partial charge on any atom is -0.394 e. The van der Waals surface area contributed by atoms with Crippen LogP contribution in [0.4, 0.5) is 0 Å². The first-order valence-electron chi connectivity index (χ1n) is 13.8. The molecule has 3 aliphatic heterocycles. The van der Waals surface area contributed by atoms with Gasteiger partial charge in [0.15, 0.2) is 18.9 Å². The Morgan fingerprint density at radius 1 is 0.524 bits per heavy atom. The zero-order chi connectivity index (χ0) is 31.0. The zero-order valence-electron chi connectivity index (χ0n) is 22.7. The Hall–Kier alpha value is -0.760. The summed E-state index contributed by atoms with van der Waals surface area (Å²) in [6.45, 7) is -1.49. The molecule has 0 unspecified atom stereocenters. The third-order valence-electron chi connectivity index (χ3n) is 8.32. The van der Waals surface area contributed by atoms with Crippen molar-refractivity contribution in [3.63, 3.8) is 0 Å². The van der Waals surface area contributed by atoms with Crippen molar-refractivity contribution in [2.45, 2.75) is 123 Å². The van der Waals surface area contributed by atoms with Crippen molar-refractivity contribution in [3.05, 3.63) is 0 Å². The maximum Gasteiger partial charge on any atom is 0.187 e. The third-order valence-corrected chi connectivity index (χ3v) is 8.32. The first-order valence-corrected chi connectivity index (χ1v) is 13.8. The molecule has 0 spiro atoms. The molecule has 246 valence electrons. The van der Waals surface area contributed by atoms with Gasteiger partial charge in [-0.3, -0.25) is 0 Å². The molecule has 4 fully saturated rings. The van der Waals surface area contributed by atoms with Crippen LogP contribution in [0.2, 0.25) is 0 Å². The van der Waals surface area contributed by atoms with Gasteiger partial charge in [-0.25, -0.2) is 0 Å². The lowest BCUT2D eigenvalue weighted by Gasteiger charge is -2.47. The van der Waals surface area contributed by atoms with Crippen LogP contribution < -0.4 is 28.7 Å². The zero-order valence-corrected chi connectivity index (χ0v) is 22.7. The lowest BCUT2D eigenvalue weighted by Crippen LogP contribution is -2.68. The lowest BCUT2D eigenvalue weighted by molar-refractivity contribution is -0.310. The van der Waals surface area contributed by atoms with Crippen LogP contribution in [0.15, 0.2) is 0 Å². The Morgan fingerprint density at radius 3 is 1.55 bits per heavy atom. The normalized spacial score (nSPS) is 53.8. The third kappa shape index (κ3) is 6.60. The molecule has 1 saturated carbocycles. The van der Waals surface area contributed by atoms with Gasteiger partial charge in [0.05, 0.1) is 31.4 Å². The summed E-state index contributed by atoms with van der Waals surface area (Å²) in [5.41, 5.74) is 29.9. The van der Waals surface area contributed by atoms with Crippen molar-refractivity contribution in [2.24, 2.45) is 28.7 Å². The molecular weight excluding hydrogens is 570 g/mol. The molecule has 0 aromatic carbocycles. The maximum absolute atomic E-state index is 11.1. The van der Waals surface area contributed by atoms with E-state index in [4.69, 9.17) is 57.1 Å². The van der Waals surface area contributed by atoms with Gasteiger partial charge in [-0.05, 0) is 6.42 Å². The van der Waals surface area contributed by atoms with E-state index in [1.807, 2.05) is 0 Å². The highest BCUT2D eigenvalue weighted by molar-refractivity contribution is 5.02. The van der Waals surface area contributed by atoms with Gasteiger partial charge in [-0.2, -0.15) is 0 Å². The van der Waals surface area contributed by atoms with Crippen molar-refractivity contribution in [2.75, 3.05) is 19.8 Å². The van der Waals surface area contributed by atoms with E-state index in [1.165, 1.54) is 0 Å². The van der Waals surface area contributed by atoms with Crippen LogP contribution in [0, 0.1) is 0 Å². The fourth-order valence-electron chi connectivity index (χ4n) is 5.70. The number of hydrogen-bond acceptors (Lipinski definition) is 19. The van der Waals surface area contributed by atoms with E-state index >= 15 is 0 Å². The van der Waals surface area contributed by atoms with Crippen LogP contribution in [0.3, 0.4) is 0 Å². The molecule has 19 atom stereocenters. The van der Waals surface area contributed by atoms with Crippen molar-refractivity contribution in [3.8, 4) is 0 Å². The van der Waals surface area contributed by atoms with Crippen LogP contribution in [-0.2, 0) is 28.4 Å². The standard InChI is InChI=1S/C23H45N5O14/c24-2-7-13(32)15(34)10(27)21(37-7)41-19-9(4-30)39-23(17(19)36)42-20-12(31)5(25)1-6(26)18(20)40-22-11(28)16(35)14(33)8(3-29)38-22/h5-23,29-36H,1-4,24-28H2/t5-,6+,7+,8-,9-,10-,11+,12-,13-,14+,15-,16-,17+,18+,19+,20-,21-,22+,23+/m1/s1. The topological polar surface area (TPSA) is 347 Å². The van der Waals surface area contributed by atoms with E-state index < -0.39 is 129 Å². The van der Waals surface area contributed by atoms with Crippen molar-refractivity contribution in [1.82, 2.24) is 0 Å². The second kappa shape index (κ2) is 14.1. The molecule has 19 heteroatoms. The summed E-state index contributed by atoms with van der Waals surface area (Å²) in [6, 6.07) is -4.30. The van der Waals surface area contributed by atoms with Crippen LogP contribution in [-0.4, -0.2) is 177 Å². The van der Waals surface area contributed by atoms with Gasteiger partial charge in [-0.15, -0.1) is 0 Å². The molecule has 42 heavy (non-hydrogen) atoms. The summed E-state index contributed by atoms with van der Waals surface area (Å²) < 4.78 is 34.4.